The first-order valence-corrected chi connectivity index (χ1v) is 4.56. The highest BCUT2D eigenvalue weighted by atomic mass is 16.5. The Morgan fingerprint density at radius 1 is 1.29 bits per heavy atom. The Kier molecular flexibility index (Phi) is 10.1. The van der Waals surface area contributed by atoms with Crippen molar-refractivity contribution in [1.29, 1.82) is 0 Å². The molecule has 5 heteroatoms. The normalized spacial score (nSPS) is 12.3. The van der Waals surface area contributed by atoms with E-state index in [1.165, 1.54) is 0 Å². The number of aliphatic carboxylic acids is 1. The molecule has 0 aliphatic carbocycles. The third kappa shape index (κ3) is 13.9. The van der Waals surface area contributed by atoms with E-state index in [2.05, 4.69) is 0 Å². The van der Waals surface area contributed by atoms with Crippen molar-refractivity contribution < 1.29 is 19.7 Å². The van der Waals surface area contributed by atoms with Crippen LogP contribution in [0.5, 0.6) is 0 Å². The van der Waals surface area contributed by atoms with Crippen molar-refractivity contribution in [2.75, 3.05) is 6.61 Å². The third-order valence-corrected chi connectivity index (χ3v) is 1.06. The van der Waals surface area contributed by atoms with Gasteiger partial charge in [0.25, 0.3) is 0 Å². The molecule has 0 amide bonds. The average Bonchev–Trinajstić information content (AvgIpc) is 2.01. The summed E-state index contributed by atoms with van der Waals surface area (Å²) < 4.78 is 5.25. The molecule has 5 nitrogen and oxygen atoms in total. The van der Waals surface area contributed by atoms with Crippen LogP contribution < -0.4 is 5.73 Å². The molecule has 0 aromatic heterocycles. The molecule has 1 atom stereocenters. The summed E-state index contributed by atoms with van der Waals surface area (Å²) in [5.41, 5.74) is 4.77. The summed E-state index contributed by atoms with van der Waals surface area (Å²) in [6.07, 6.45) is 0.750. The third-order valence-electron chi connectivity index (χ3n) is 1.06. The standard InChI is InChI=1S/C6H14O.C3H7NO3/c1-5(2)7-6(3)4;4-2(1-5)3(6)7/h5-6H,1-4H3;2,5H,1,4H2,(H,6,7)/t;2-/m.0/s1. The zero-order valence-corrected chi connectivity index (χ0v) is 9.23. The maximum absolute atomic E-state index is 9.65. The van der Waals surface area contributed by atoms with Crippen LogP contribution in [-0.4, -0.2) is 41.0 Å². The molecule has 0 saturated heterocycles. The molecule has 0 bridgehead atoms. The molecular formula is C9H21NO4. The number of aliphatic hydroxyl groups excluding tert-OH is 1. The molecule has 86 valence electrons. The lowest BCUT2D eigenvalue weighted by Gasteiger charge is -2.09. The minimum absolute atomic E-state index is 0.375. The zero-order chi connectivity index (χ0) is 11.7. The van der Waals surface area contributed by atoms with Gasteiger partial charge >= 0.3 is 5.97 Å². The van der Waals surface area contributed by atoms with Crippen molar-refractivity contribution in [3.05, 3.63) is 0 Å². The van der Waals surface area contributed by atoms with Crippen LogP contribution in [0.4, 0.5) is 0 Å². The molecule has 0 radical (unpaired) electrons. The fraction of sp³-hybridized carbons (Fsp3) is 0.889. The summed E-state index contributed by atoms with van der Waals surface area (Å²) in [4.78, 5) is 9.65. The van der Waals surface area contributed by atoms with Gasteiger partial charge in [-0.1, -0.05) is 0 Å². The highest BCUT2D eigenvalue weighted by Crippen LogP contribution is 1.93. The van der Waals surface area contributed by atoms with E-state index >= 15 is 0 Å². The molecule has 0 aliphatic rings. The van der Waals surface area contributed by atoms with Gasteiger partial charge in [0.1, 0.15) is 6.04 Å². The van der Waals surface area contributed by atoms with E-state index in [1.807, 2.05) is 27.7 Å². The number of nitrogens with two attached hydrogens (primary N) is 1. The molecular weight excluding hydrogens is 186 g/mol. The van der Waals surface area contributed by atoms with E-state index in [4.69, 9.17) is 20.7 Å². The van der Waals surface area contributed by atoms with Crippen LogP contribution in [0.2, 0.25) is 0 Å². The molecule has 0 aliphatic heterocycles. The Morgan fingerprint density at radius 3 is 1.64 bits per heavy atom. The van der Waals surface area contributed by atoms with Gasteiger partial charge in [-0.25, -0.2) is 0 Å². The van der Waals surface area contributed by atoms with Crippen molar-refractivity contribution in [2.24, 2.45) is 5.73 Å². The van der Waals surface area contributed by atoms with Gasteiger partial charge in [0.15, 0.2) is 0 Å². The van der Waals surface area contributed by atoms with Crippen LogP contribution in [0, 0.1) is 0 Å². The van der Waals surface area contributed by atoms with E-state index < -0.39 is 18.6 Å². The maximum Gasteiger partial charge on any atom is 0.322 e. The van der Waals surface area contributed by atoms with Crippen LogP contribution in [0.3, 0.4) is 0 Å². The number of ether oxygens (including phenoxy) is 1. The van der Waals surface area contributed by atoms with E-state index in [-0.39, 0.29) is 0 Å². The van der Waals surface area contributed by atoms with E-state index in [1.54, 1.807) is 0 Å². The van der Waals surface area contributed by atoms with Gasteiger partial charge in [0.05, 0.1) is 18.8 Å². The minimum Gasteiger partial charge on any atom is -0.480 e. The number of rotatable bonds is 4. The highest BCUT2D eigenvalue weighted by molar-refractivity contribution is 5.73. The van der Waals surface area contributed by atoms with Crippen LogP contribution in [0.15, 0.2) is 0 Å². The van der Waals surface area contributed by atoms with E-state index in [0.29, 0.717) is 12.2 Å². The molecule has 0 saturated carbocycles. The van der Waals surface area contributed by atoms with E-state index in [0.717, 1.165) is 0 Å². The summed E-state index contributed by atoms with van der Waals surface area (Å²) >= 11 is 0. The van der Waals surface area contributed by atoms with E-state index in [9.17, 15) is 4.79 Å². The van der Waals surface area contributed by atoms with Gasteiger partial charge in [-0.05, 0) is 27.7 Å². The maximum atomic E-state index is 9.65. The number of carboxylic acids is 1. The largest absolute Gasteiger partial charge is 0.480 e. The molecule has 0 spiro atoms. The molecule has 0 unspecified atom stereocenters. The predicted octanol–water partition coefficient (Wildman–Crippen LogP) is 0.210. The quantitative estimate of drug-likeness (QED) is 0.613. The second-order valence-electron chi connectivity index (χ2n) is 3.36. The number of aliphatic hydroxyl groups is 1. The van der Waals surface area contributed by atoms with Crippen molar-refractivity contribution >= 4 is 5.97 Å². The van der Waals surface area contributed by atoms with Gasteiger partial charge < -0.3 is 20.7 Å². The lowest BCUT2D eigenvalue weighted by molar-refractivity contribution is -0.139. The Bertz CT molecular complexity index is 142. The molecule has 0 rings (SSSR count). The Hall–Kier alpha value is -0.650. The Balaban J connectivity index is 0. The monoisotopic (exact) mass is 207 g/mol. The fourth-order valence-corrected chi connectivity index (χ4v) is 0.622. The van der Waals surface area contributed by atoms with Crippen molar-refractivity contribution in [2.45, 2.75) is 45.9 Å². The van der Waals surface area contributed by atoms with Crippen LogP contribution >= 0.6 is 0 Å². The van der Waals surface area contributed by atoms with Crippen LogP contribution in [0.1, 0.15) is 27.7 Å². The first-order chi connectivity index (χ1) is 6.31. The highest BCUT2D eigenvalue weighted by Gasteiger charge is 2.06. The smallest absolute Gasteiger partial charge is 0.322 e. The first kappa shape index (κ1) is 15.8. The summed E-state index contributed by atoms with van der Waals surface area (Å²) in [5, 5.41) is 15.9. The second-order valence-corrected chi connectivity index (χ2v) is 3.36. The van der Waals surface area contributed by atoms with Gasteiger partial charge in [-0.15, -0.1) is 0 Å². The average molecular weight is 207 g/mol. The molecule has 0 aromatic rings. The molecule has 4 N–H and O–H groups in total. The summed E-state index contributed by atoms with van der Waals surface area (Å²) in [7, 11) is 0. The van der Waals surface area contributed by atoms with Crippen LogP contribution in [-0.2, 0) is 9.53 Å². The molecule has 0 fully saturated rings. The van der Waals surface area contributed by atoms with Gasteiger partial charge in [0.2, 0.25) is 0 Å². The number of carboxylic acid groups (broad SMARTS) is 1. The van der Waals surface area contributed by atoms with Gasteiger partial charge in [-0.3, -0.25) is 4.79 Å². The summed E-state index contributed by atoms with van der Waals surface area (Å²) in [6, 6.07) is -1.13. The second kappa shape index (κ2) is 8.93. The molecule has 0 heterocycles. The van der Waals surface area contributed by atoms with Crippen molar-refractivity contribution in [3.63, 3.8) is 0 Å². The number of carbonyl (C=O) groups is 1. The lowest BCUT2D eigenvalue weighted by atomic mass is 10.3. The first-order valence-electron chi connectivity index (χ1n) is 4.56. The Labute approximate surface area is 84.9 Å². The van der Waals surface area contributed by atoms with Crippen LogP contribution in [0.25, 0.3) is 0 Å². The van der Waals surface area contributed by atoms with Gasteiger partial charge in [0, 0.05) is 0 Å². The zero-order valence-electron chi connectivity index (χ0n) is 9.23. The number of hydrogen-bond acceptors (Lipinski definition) is 4. The summed E-state index contributed by atoms with van der Waals surface area (Å²) in [6.45, 7) is 7.66. The van der Waals surface area contributed by atoms with Crippen molar-refractivity contribution in [3.8, 4) is 0 Å². The minimum atomic E-state index is -1.18. The topological polar surface area (TPSA) is 92.8 Å². The predicted molar refractivity (Wildman–Crippen MR) is 54.1 cm³/mol. The lowest BCUT2D eigenvalue weighted by Crippen LogP contribution is -2.33. The SMILES string of the molecule is CC(C)OC(C)C.N[C@@H](CO)C(=O)O. The molecule has 14 heavy (non-hydrogen) atoms. The Morgan fingerprint density at radius 2 is 1.64 bits per heavy atom. The van der Waals surface area contributed by atoms with Gasteiger partial charge in [-0.2, -0.15) is 0 Å². The van der Waals surface area contributed by atoms with Crippen molar-refractivity contribution in [1.82, 2.24) is 0 Å². The fourth-order valence-electron chi connectivity index (χ4n) is 0.622. The number of hydrogen-bond donors (Lipinski definition) is 3. The summed E-state index contributed by atoms with van der Waals surface area (Å²) in [5.74, 6) is -1.18. The molecule has 0 aromatic carbocycles.